The first-order valence-electron chi connectivity index (χ1n) is 9.89. The number of rotatable bonds is 7. The van der Waals surface area contributed by atoms with Gasteiger partial charge in [0.25, 0.3) is 5.89 Å². The lowest BCUT2D eigenvalue weighted by molar-refractivity contribution is -0.118. The number of hydrogen-bond donors (Lipinski definition) is 1. The number of pyridine rings is 1. The fraction of sp³-hybridized carbons (Fsp3) is 0.130. The number of carbonyl (C=O) groups excluding carboxylic acids is 1. The van der Waals surface area contributed by atoms with Crippen molar-refractivity contribution in [3.8, 4) is 34.3 Å². The van der Waals surface area contributed by atoms with Crippen LogP contribution in [0.15, 0.2) is 76.4 Å². The summed E-state index contributed by atoms with van der Waals surface area (Å²) in [6.07, 6.45) is 1.67. The van der Waals surface area contributed by atoms with Gasteiger partial charge >= 0.3 is 0 Å². The minimum Gasteiger partial charge on any atom is -0.454 e. The molecule has 0 spiro atoms. The molecule has 1 N–H and O–H groups in total. The molecule has 1 aliphatic heterocycles. The molecule has 1 aliphatic rings. The molecule has 0 fully saturated rings. The Balaban J connectivity index is 1.22. The van der Waals surface area contributed by atoms with E-state index in [0.29, 0.717) is 34.6 Å². The summed E-state index contributed by atoms with van der Waals surface area (Å²) in [5.41, 5.74) is 2.49. The Kier molecular flexibility index (Phi) is 5.71. The number of nitrogens with one attached hydrogen (secondary N) is 1. The van der Waals surface area contributed by atoms with Gasteiger partial charge in [-0.15, -0.1) is 0 Å². The molecule has 2 aromatic heterocycles. The predicted octanol–water partition coefficient (Wildman–Crippen LogP) is 3.94. The van der Waals surface area contributed by atoms with E-state index < -0.39 is 0 Å². The molecule has 3 heterocycles. The third kappa shape index (κ3) is 4.42. The Labute approximate surface area is 188 Å². The average Bonchev–Trinajstić information content (AvgIpc) is 3.52. The summed E-state index contributed by atoms with van der Waals surface area (Å²) < 4.78 is 16.1. The number of ether oxygens (including phenoxy) is 2. The molecule has 0 bridgehead atoms. The van der Waals surface area contributed by atoms with E-state index in [1.165, 1.54) is 11.8 Å². The molecular weight excluding hydrogens is 428 g/mol. The van der Waals surface area contributed by atoms with Crippen LogP contribution in [0.5, 0.6) is 11.5 Å². The van der Waals surface area contributed by atoms with Crippen LogP contribution < -0.4 is 14.8 Å². The van der Waals surface area contributed by atoms with Crippen molar-refractivity contribution in [2.24, 2.45) is 0 Å². The normalized spacial score (nSPS) is 12.0. The quantitative estimate of drug-likeness (QED) is 0.426. The van der Waals surface area contributed by atoms with E-state index in [0.717, 1.165) is 16.9 Å². The number of nitrogens with zero attached hydrogens (tertiary/aromatic N) is 3. The first-order valence-corrected chi connectivity index (χ1v) is 10.9. The number of thioether (sulfide) groups is 1. The molecule has 5 rings (SSSR count). The van der Waals surface area contributed by atoms with Crippen molar-refractivity contribution >= 4 is 17.7 Å². The number of fused-ring (bicyclic) bond motifs is 1. The molecule has 8 nitrogen and oxygen atoms in total. The van der Waals surface area contributed by atoms with Gasteiger partial charge in [0.2, 0.25) is 18.5 Å². The predicted molar refractivity (Wildman–Crippen MR) is 118 cm³/mol. The van der Waals surface area contributed by atoms with E-state index in [1.807, 2.05) is 54.6 Å². The van der Waals surface area contributed by atoms with Gasteiger partial charge in [-0.05, 0) is 29.8 Å². The topological polar surface area (TPSA) is 99.4 Å². The van der Waals surface area contributed by atoms with E-state index in [2.05, 4.69) is 20.4 Å². The summed E-state index contributed by atoms with van der Waals surface area (Å²) in [4.78, 5) is 21.3. The number of hydrogen-bond acceptors (Lipinski definition) is 8. The highest BCUT2D eigenvalue weighted by atomic mass is 32.2. The van der Waals surface area contributed by atoms with Crippen molar-refractivity contribution in [1.29, 1.82) is 0 Å². The van der Waals surface area contributed by atoms with Crippen molar-refractivity contribution in [2.45, 2.75) is 11.6 Å². The monoisotopic (exact) mass is 446 g/mol. The second-order valence-electron chi connectivity index (χ2n) is 6.90. The van der Waals surface area contributed by atoms with Gasteiger partial charge in [0.15, 0.2) is 11.5 Å². The number of aromatic nitrogens is 3. The molecular formula is C23H18N4O4S. The van der Waals surface area contributed by atoms with Crippen molar-refractivity contribution in [1.82, 2.24) is 20.4 Å². The van der Waals surface area contributed by atoms with Crippen LogP contribution in [-0.2, 0) is 11.3 Å². The molecule has 0 aliphatic carbocycles. The molecule has 9 heteroatoms. The highest BCUT2D eigenvalue weighted by Crippen LogP contribution is 2.32. The largest absolute Gasteiger partial charge is 0.454 e. The van der Waals surface area contributed by atoms with Crippen LogP contribution in [0, 0.1) is 0 Å². The van der Waals surface area contributed by atoms with Gasteiger partial charge in [0.05, 0.1) is 11.3 Å². The number of carbonyl (C=O) groups is 1. The zero-order valence-electron chi connectivity index (χ0n) is 16.9. The lowest BCUT2D eigenvalue weighted by Gasteiger charge is -2.07. The van der Waals surface area contributed by atoms with Gasteiger partial charge < -0.3 is 19.3 Å². The first kappa shape index (κ1) is 20.1. The Morgan fingerprint density at radius 2 is 1.91 bits per heavy atom. The molecule has 0 atom stereocenters. The van der Waals surface area contributed by atoms with Gasteiger partial charge in [0.1, 0.15) is 5.03 Å². The van der Waals surface area contributed by atoms with Gasteiger partial charge in [-0.25, -0.2) is 4.98 Å². The van der Waals surface area contributed by atoms with Crippen LogP contribution in [-0.4, -0.2) is 33.6 Å². The summed E-state index contributed by atoms with van der Waals surface area (Å²) in [5.74, 6) is 2.36. The third-order valence-corrected chi connectivity index (χ3v) is 5.73. The van der Waals surface area contributed by atoms with Gasteiger partial charge in [-0.1, -0.05) is 53.3 Å². The van der Waals surface area contributed by atoms with Crippen LogP contribution in [0.2, 0.25) is 0 Å². The van der Waals surface area contributed by atoms with Crippen LogP contribution >= 0.6 is 11.8 Å². The molecule has 0 saturated carbocycles. The van der Waals surface area contributed by atoms with E-state index in [-0.39, 0.29) is 18.5 Å². The average molecular weight is 446 g/mol. The van der Waals surface area contributed by atoms with E-state index in [9.17, 15) is 4.79 Å². The molecule has 4 aromatic rings. The lowest BCUT2D eigenvalue weighted by Crippen LogP contribution is -2.24. The SMILES string of the molecule is O=C(CSc1ncccc1-c1nc(-c2ccccc2)no1)NCc1ccc2c(c1)OCO2. The maximum Gasteiger partial charge on any atom is 0.260 e. The summed E-state index contributed by atoms with van der Waals surface area (Å²) in [5, 5.41) is 7.62. The second kappa shape index (κ2) is 9.11. The Hall–Kier alpha value is -3.85. The molecule has 0 radical (unpaired) electrons. The molecule has 2 aromatic carbocycles. The van der Waals surface area contributed by atoms with Gasteiger partial charge in [-0.2, -0.15) is 4.98 Å². The number of amides is 1. The third-order valence-electron chi connectivity index (χ3n) is 4.73. The van der Waals surface area contributed by atoms with Gasteiger partial charge in [-0.3, -0.25) is 4.79 Å². The summed E-state index contributed by atoms with van der Waals surface area (Å²) in [6, 6.07) is 18.8. The van der Waals surface area contributed by atoms with Crippen molar-refractivity contribution < 1.29 is 18.8 Å². The molecule has 32 heavy (non-hydrogen) atoms. The zero-order chi connectivity index (χ0) is 21.8. The fourth-order valence-electron chi connectivity index (χ4n) is 3.14. The fourth-order valence-corrected chi connectivity index (χ4v) is 3.96. The summed E-state index contributed by atoms with van der Waals surface area (Å²) >= 11 is 1.31. The molecule has 160 valence electrons. The zero-order valence-corrected chi connectivity index (χ0v) is 17.7. The van der Waals surface area contributed by atoms with Crippen LogP contribution in [0.1, 0.15) is 5.56 Å². The van der Waals surface area contributed by atoms with Crippen LogP contribution in [0.25, 0.3) is 22.8 Å². The minimum absolute atomic E-state index is 0.111. The Bertz CT molecular complexity index is 1250. The molecule has 1 amide bonds. The highest BCUT2D eigenvalue weighted by Gasteiger charge is 2.17. The van der Waals surface area contributed by atoms with Gasteiger partial charge in [0, 0.05) is 18.3 Å². The van der Waals surface area contributed by atoms with Crippen molar-refractivity contribution in [3.05, 3.63) is 72.4 Å². The standard InChI is InChI=1S/C23H18N4O4S/c28-20(25-12-15-8-9-18-19(11-15)30-14-29-18)13-32-23-17(7-4-10-24-23)22-26-21(27-31-22)16-5-2-1-3-6-16/h1-11H,12-14H2,(H,25,28). The molecule has 0 unspecified atom stereocenters. The summed E-state index contributed by atoms with van der Waals surface area (Å²) in [7, 11) is 0. The van der Waals surface area contributed by atoms with Crippen molar-refractivity contribution in [2.75, 3.05) is 12.5 Å². The number of benzene rings is 2. The Morgan fingerprint density at radius 3 is 2.81 bits per heavy atom. The Morgan fingerprint density at radius 1 is 1.03 bits per heavy atom. The first-order chi connectivity index (χ1) is 15.8. The minimum atomic E-state index is -0.111. The van der Waals surface area contributed by atoms with Crippen LogP contribution in [0.3, 0.4) is 0 Å². The van der Waals surface area contributed by atoms with E-state index in [1.54, 1.807) is 12.3 Å². The van der Waals surface area contributed by atoms with E-state index >= 15 is 0 Å². The van der Waals surface area contributed by atoms with Crippen LogP contribution in [0.4, 0.5) is 0 Å². The smallest absolute Gasteiger partial charge is 0.260 e. The van der Waals surface area contributed by atoms with Crippen molar-refractivity contribution in [3.63, 3.8) is 0 Å². The molecule has 0 saturated heterocycles. The highest BCUT2D eigenvalue weighted by molar-refractivity contribution is 8.00. The summed E-state index contributed by atoms with van der Waals surface area (Å²) in [6.45, 7) is 0.621. The lowest BCUT2D eigenvalue weighted by atomic mass is 10.2. The van der Waals surface area contributed by atoms with E-state index in [4.69, 9.17) is 14.0 Å². The second-order valence-corrected chi connectivity index (χ2v) is 7.86. The maximum absolute atomic E-state index is 12.4. The maximum atomic E-state index is 12.4.